The van der Waals surface area contributed by atoms with Crippen molar-refractivity contribution >= 4 is 0 Å². The Bertz CT molecular complexity index is 466. The zero-order valence-electron chi connectivity index (χ0n) is 12.4. The monoisotopic (exact) mass is 255 g/mol. The van der Waals surface area contributed by atoms with Gasteiger partial charge < -0.3 is 5.73 Å². The number of hydrogen-bond acceptors (Lipinski definition) is 1. The van der Waals surface area contributed by atoms with Crippen molar-refractivity contribution in [2.45, 2.75) is 27.7 Å². The molecule has 1 aliphatic rings. The van der Waals surface area contributed by atoms with E-state index < -0.39 is 0 Å². The van der Waals surface area contributed by atoms with Gasteiger partial charge in [-0.1, -0.05) is 70.2 Å². The van der Waals surface area contributed by atoms with Gasteiger partial charge in [-0.05, 0) is 35.1 Å². The molecule has 1 aliphatic carbocycles. The maximum absolute atomic E-state index is 6.03. The van der Waals surface area contributed by atoms with E-state index >= 15 is 0 Å². The normalized spacial score (nSPS) is 25.7. The molecule has 0 aromatic carbocycles. The summed E-state index contributed by atoms with van der Waals surface area (Å²) in [4.78, 5) is 0. The van der Waals surface area contributed by atoms with Crippen LogP contribution < -0.4 is 5.73 Å². The quantitative estimate of drug-likeness (QED) is 0.762. The van der Waals surface area contributed by atoms with Gasteiger partial charge in [-0.2, -0.15) is 0 Å². The fourth-order valence-corrected chi connectivity index (χ4v) is 1.76. The van der Waals surface area contributed by atoms with Crippen LogP contribution in [0.3, 0.4) is 0 Å². The average molecular weight is 255 g/mol. The molecule has 1 rings (SSSR count). The Morgan fingerprint density at radius 3 is 2.00 bits per heavy atom. The third-order valence-electron chi connectivity index (χ3n) is 3.04. The lowest BCUT2D eigenvalue weighted by atomic mass is 10.00. The highest BCUT2D eigenvalue weighted by atomic mass is 14.6. The summed E-state index contributed by atoms with van der Waals surface area (Å²) in [7, 11) is 0. The van der Waals surface area contributed by atoms with Crippen LogP contribution in [0.5, 0.6) is 0 Å². The minimum absolute atomic E-state index is 0.463. The zero-order valence-corrected chi connectivity index (χ0v) is 12.4. The highest BCUT2D eigenvalue weighted by Gasteiger charge is 2.00. The number of allylic oxidation sites excluding steroid dienone is 11. The lowest BCUT2D eigenvalue weighted by Crippen LogP contribution is -1.98. The maximum atomic E-state index is 6.03. The molecule has 0 aromatic rings. The van der Waals surface area contributed by atoms with Crippen LogP contribution in [0.2, 0.25) is 0 Å². The summed E-state index contributed by atoms with van der Waals surface area (Å²) in [6.07, 6.45) is 18.6. The Balaban J connectivity index is 3.11. The fourth-order valence-electron chi connectivity index (χ4n) is 1.76. The van der Waals surface area contributed by atoms with Gasteiger partial charge >= 0.3 is 0 Å². The fraction of sp³-hybridized carbons (Fsp3) is 0.333. The van der Waals surface area contributed by atoms with Gasteiger partial charge in [-0.3, -0.25) is 0 Å². The summed E-state index contributed by atoms with van der Waals surface area (Å²) < 4.78 is 0. The van der Waals surface area contributed by atoms with E-state index in [1.807, 2.05) is 18.2 Å². The summed E-state index contributed by atoms with van der Waals surface area (Å²) in [6, 6.07) is 0. The summed E-state index contributed by atoms with van der Waals surface area (Å²) in [5.74, 6) is 0.967. The molecule has 2 N–H and O–H groups in total. The molecule has 0 aromatic heterocycles. The van der Waals surface area contributed by atoms with Crippen LogP contribution in [-0.2, 0) is 0 Å². The Hall–Kier alpha value is -1.76. The third kappa shape index (κ3) is 5.60. The van der Waals surface area contributed by atoms with E-state index in [2.05, 4.69) is 64.2 Å². The predicted molar refractivity (Wildman–Crippen MR) is 85.5 cm³/mol. The van der Waals surface area contributed by atoms with Gasteiger partial charge in [0.1, 0.15) is 0 Å². The second kappa shape index (κ2) is 7.63. The Kier molecular flexibility index (Phi) is 6.14. The highest BCUT2D eigenvalue weighted by molar-refractivity contribution is 5.36. The molecule has 0 atom stereocenters. The van der Waals surface area contributed by atoms with Crippen LogP contribution in [0, 0.1) is 11.8 Å². The van der Waals surface area contributed by atoms with E-state index in [0.717, 1.165) is 5.70 Å². The average Bonchev–Trinajstić information content (AvgIpc) is 2.32. The minimum Gasteiger partial charge on any atom is -0.399 e. The van der Waals surface area contributed by atoms with Crippen LogP contribution in [-0.4, -0.2) is 0 Å². The molecule has 0 bridgehead atoms. The van der Waals surface area contributed by atoms with Gasteiger partial charge in [-0.15, -0.1) is 0 Å². The molecule has 0 radical (unpaired) electrons. The van der Waals surface area contributed by atoms with Crippen LogP contribution >= 0.6 is 0 Å². The molecule has 0 fully saturated rings. The summed E-state index contributed by atoms with van der Waals surface area (Å²) in [5, 5.41) is 0. The second-order valence-corrected chi connectivity index (χ2v) is 5.39. The standard InChI is InChI=1S/C18H25N/c1-14(2)16-9-6-5-7-10-17(15(3)4)13-18(19)12-8-11-16/h5-15H,19H2,1-4H3/b6-5?,7-5-,9-6?,10-7?,11-8?,12-8-,16-9?,16-11?,17-10+,17-13?,18-12?,18-13+. The molecule has 102 valence electrons. The molecule has 0 aliphatic heterocycles. The van der Waals surface area contributed by atoms with Crippen molar-refractivity contribution in [3.8, 4) is 0 Å². The first-order chi connectivity index (χ1) is 9.00. The molecule has 0 heterocycles. The minimum atomic E-state index is 0.463. The highest BCUT2D eigenvalue weighted by Crippen LogP contribution is 2.15. The summed E-state index contributed by atoms with van der Waals surface area (Å²) >= 11 is 0. The van der Waals surface area contributed by atoms with Crippen molar-refractivity contribution in [2.24, 2.45) is 17.6 Å². The number of rotatable bonds is 2. The Morgan fingerprint density at radius 2 is 1.37 bits per heavy atom. The first-order valence-electron chi connectivity index (χ1n) is 6.91. The van der Waals surface area contributed by atoms with Crippen molar-refractivity contribution in [3.05, 3.63) is 71.5 Å². The lowest BCUT2D eigenvalue weighted by Gasteiger charge is -2.07. The van der Waals surface area contributed by atoms with Gasteiger partial charge in [0, 0.05) is 5.70 Å². The van der Waals surface area contributed by atoms with E-state index in [4.69, 9.17) is 5.73 Å². The van der Waals surface area contributed by atoms with Crippen LogP contribution in [0.1, 0.15) is 27.7 Å². The molecule has 0 saturated carbocycles. The van der Waals surface area contributed by atoms with Gasteiger partial charge in [0.05, 0.1) is 0 Å². The van der Waals surface area contributed by atoms with Crippen LogP contribution in [0.4, 0.5) is 0 Å². The zero-order chi connectivity index (χ0) is 14.3. The number of hydrogen-bond donors (Lipinski definition) is 1. The van der Waals surface area contributed by atoms with E-state index in [-0.39, 0.29) is 0 Å². The largest absolute Gasteiger partial charge is 0.399 e. The molecule has 0 saturated heterocycles. The van der Waals surface area contributed by atoms with E-state index in [0.29, 0.717) is 11.8 Å². The van der Waals surface area contributed by atoms with Crippen LogP contribution in [0.25, 0.3) is 0 Å². The van der Waals surface area contributed by atoms with Crippen molar-refractivity contribution in [2.75, 3.05) is 0 Å². The molecule has 19 heavy (non-hydrogen) atoms. The maximum Gasteiger partial charge on any atom is 0.0316 e. The molecule has 0 spiro atoms. The smallest absolute Gasteiger partial charge is 0.0316 e. The van der Waals surface area contributed by atoms with Gasteiger partial charge in [0.2, 0.25) is 0 Å². The van der Waals surface area contributed by atoms with Gasteiger partial charge in [0.25, 0.3) is 0 Å². The van der Waals surface area contributed by atoms with Crippen molar-refractivity contribution in [1.29, 1.82) is 0 Å². The number of nitrogens with two attached hydrogens (primary N) is 1. The van der Waals surface area contributed by atoms with Crippen molar-refractivity contribution in [1.82, 2.24) is 0 Å². The Labute approximate surface area is 117 Å². The molecule has 0 unspecified atom stereocenters. The van der Waals surface area contributed by atoms with Crippen molar-refractivity contribution < 1.29 is 0 Å². The first kappa shape index (κ1) is 15.3. The first-order valence-corrected chi connectivity index (χ1v) is 6.91. The molecule has 1 nitrogen and oxygen atoms in total. The topological polar surface area (TPSA) is 26.0 Å². The third-order valence-corrected chi connectivity index (χ3v) is 3.04. The molecule has 1 heteroatoms. The summed E-state index contributed by atoms with van der Waals surface area (Å²) in [5.41, 5.74) is 9.35. The van der Waals surface area contributed by atoms with Crippen LogP contribution in [0.15, 0.2) is 71.5 Å². The summed E-state index contributed by atoms with van der Waals surface area (Å²) in [6.45, 7) is 8.72. The van der Waals surface area contributed by atoms with E-state index in [9.17, 15) is 0 Å². The van der Waals surface area contributed by atoms with Gasteiger partial charge in [-0.25, -0.2) is 0 Å². The van der Waals surface area contributed by atoms with E-state index in [1.165, 1.54) is 11.1 Å². The molecular weight excluding hydrogens is 230 g/mol. The van der Waals surface area contributed by atoms with Gasteiger partial charge in [0.15, 0.2) is 0 Å². The lowest BCUT2D eigenvalue weighted by molar-refractivity contribution is 0.789. The van der Waals surface area contributed by atoms with E-state index in [1.54, 1.807) is 0 Å². The molecular formula is C18H25N. The Morgan fingerprint density at radius 1 is 0.737 bits per heavy atom. The van der Waals surface area contributed by atoms with Crippen molar-refractivity contribution in [3.63, 3.8) is 0 Å². The second-order valence-electron chi connectivity index (χ2n) is 5.39. The predicted octanol–water partition coefficient (Wildman–Crippen LogP) is 4.68. The molecule has 0 amide bonds. The SMILES string of the molecule is CC(C)C1=C\C=C/C(N)=C\C(C(C)C)=C/C=C\C=C1.